The number of rotatable bonds is 2. The molecule has 114 valence electrons. The molecule has 1 aliphatic heterocycles. The minimum atomic E-state index is -1.13. The van der Waals surface area contributed by atoms with Gasteiger partial charge in [0, 0.05) is 6.54 Å². The van der Waals surface area contributed by atoms with Gasteiger partial charge in [-0.3, -0.25) is 0 Å². The van der Waals surface area contributed by atoms with Crippen LogP contribution >= 0.6 is 15.9 Å². The molecule has 1 aromatic rings. The molecule has 1 aromatic carbocycles. The van der Waals surface area contributed by atoms with Crippen LogP contribution in [-0.2, 0) is 4.74 Å². The average molecular weight is 358 g/mol. The van der Waals surface area contributed by atoms with E-state index in [4.69, 9.17) is 9.84 Å². The third kappa shape index (κ3) is 2.66. The first-order valence-electron chi connectivity index (χ1n) is 7.19. The zero-order valence-corrected chi connectivity index (χ0v) is 13.1. The predicted octanol–water partition coefficient (Wildman–Crippen LogP) is 3.43. The van der Waals surface area contributed by atoms with Gasteiger partial charge in [-0.05, 0) is 40.9 Å². The second-order valence-electron chi connectivity index (χ2n) is 5.52. The van der Waals surface area contributed by atoms with Crippen molar-refractivity contribution in [3.05, 3.63) is 28.0 Å². The van der Waals surface area contributed by atoms with Gasteiger partial charge >= 0.3 is 5.97 Å². The van der Waals surface area contributed by atoms with Crippen molar-refractivity contribution >= 4 is 27.6 Å². The molecule has 3 rings (SSSR count). The van der Waals surface area contributed by atoms with E-state index >= 15 is 0 Å². The van der Waals surface area contributed by atoms with Crippen LogP contribution in [0.5, 0.6) is 0 Å². The van der Waals surface area contributed by atoms with Gasteiger partial charge in [0.05, 0.1) is 34.5 Å². The molecule has 0 radical (unpaired) electrons. The van der Waals surface area contributed by atoms with Crippen LogP contribution in [0.3, 0.4) is 0 Å². The lowest BCUT2D eigenvalue weighted by Gasteiger charge is -2.45. The van der Waals surface area contributed by atoms with Gasteiger partial charge in [-0.15, -0.1) is 0 Å². The third-order valence-electron chi connectivity index (χ3n) is 4.33. The lowest BCUT2D eigenvalue weighted by atomic mass is 9.89. The smallest absolute Gasteiger partial charge is 0.336 e. The van der Waals surface area contributed by atoms with Crippen LogP contribution in [0.4, 0.5) is 10.1 Å². The maximum Gasteiger partial charge on any atom is 0.336 e. The summed E-state index contributed by atoms with van der Waals surface area (Å²) in [5, 5.41) is 9.05. The van der Waals surface area contributed by atoms with Crippen LogP contribution in [0.25, 0.3) is 0 Å². The number of carbonyl (C=O) groups is 1. The summed E-state index contributed by atoms with van der Waals surface area (Å²) >= 11 is 3.07. The maximum absolute atomic E-state index is 14.6. The summed E-state index contributed by atoms with van der Waals surface area (Å²) in [6.45, 7) is 1.22. The van der Waals surface area contributed by atoms with E-state index in [1.807, 2.05) is 4.90 Å². The summed E-state index contributed by atoms with van der Waals surface area (Å²) in [4.78, 5) is 13.1. The van der Waals surface area contributed by atoms with Crippen molar-refractivity contribution in [1.82, 2.24) is 0 Å². The lowest BCUT2D eigenvalue weighted by Crippen LogP contribution is -2.53. The Labute approximate surface area is 131 Å². The number of anilines is 1. The Morgan fingerprint density at radius 2 is 2.14 bits per heavy atom. The molecule has 2 fully saturated rings. The van der Waals surface area contributed by atoms with Crippen LogP contribution in [0.1, 0.15) is 36.0 Å². The number of benzene rings is 1. The molecule has 0 spiro atoms. The fraction of sp³-hybridized carbons (Fsp3) is 0.533. The second kappa shape index (κ2) is 5.93. The summed E-state index contributed by atoms with van der Waals surface area (Å²) in [6, 6.07) is 3.21. The average Bonchev–Trinajstić information content (AvgIpc) is 2.49. The van der Waals surface area contributed by atoms with Crippen LogP contribution in [0.15, 0.2) is 16.6 Å². The van der Waals surface area contributed by atoms with E-state index in [-0.39, 0.29) is 22.2 Å². The van der Waals surface area contributed by atoms with Crippen molar-refractivity contribution in [3.8, 4) is 0 Å². The van der Waals surface area contributed by atoms with Gasteiger partial charge in [-0.25, -0.2) is 9.18 Å². The third-order valence-corrected chi connectivity index (χ3v) is 5.11. The van der Waals surface area contributed by atoms with Gasteiger partial charge in [-0.1, -0.05) is 12.8 Å². The van der Waals surface area contributed by atoms with Crippen molar-refractivity contribution in [2.24, 2.45) is 0 Å². The maximum atomic E-state index is 14.6. The number of carboxylic acid groups (broad SMARTS) is 1. The summed E-state index contributed by atoms with van der Waals surface area (Å²) in [6.07, 6.45) is 4.43. The fourth-order valence-electron chi connectivity index (χ4n) is 3.32. The van der Waals surface area contributed by atoms with Gasteiger partial charge in [0.1, 0.15) is 0 Å². The SMILES string of the molecule is O=C(O)c1ccc(N2CCOC3CCCCC32)c(F)c1Br. The molecule has 4 nitrogen and oxygen atoms in total. The highest BCUT2D eigenvalue weighted by atomic mass is 79.9. The van der Waals surface area contributed by atoms with Crippen molar-refractivity contribution in [1.29, 1.82) is 0 Å². The molecule has 1 N–H and O–H groups in total. The molecule has 0 amide bonds. The van der Waals surface area contributed by atoms with Crippen molar-refractivity contribution < 1.29 is 19.0 Å². The first kappa shape index (κ1) is 14.8. The zero-order chi connectivity index (χ0) is 15.0. The molecule has 1 saturated heterocycles. The Hall–Kier alpha value is -1.14. The van der Waals surface area contributed by atoms with E-state index in [1.165, 1.54) is 6.07 Å². The van der Waals surface area contributed by atoms with Crippen LogP contribution in [0, 0.1) is 5.82 Å². The highest BCUT2D eigenvalue weighted by Crippen LogP contribution is 2.36. The number of hydrogen-bond donors (Lipinski definition) is 1. The van der Waals surface area contributed by atoms with E-state index in [9.17, 15) is 9.18 Å². The summed E-state index contributed by atoms with van der Waals surface area (Å²) in [5.41, 5.74) is 0.414. The van der Waals surface area contributed by atoms with Gasteiger partial charge in [-0.2, -0.15) is 0 Å². The van der Waals surface area contributed by atoms with E-state index in [2.05, 4.69) is 15.9 Å². The molecular formula is C15H17BrFNO3. The first-order valence-corrected chi connectivity index (χ1v) is 7.98. The molecule has 0 bridgehead atoms. The molecule has 1 aliphatic carbocycles. The number of carboxylic acids is 1. The predicted molar refractivity (Wildman–Crippen MR) is 80.4 cm³/mol. The van der Waals surface area contributed by atoms with Crippen LogP contribution in [-0.4, -0.2) is 36.4 Å². The highest BCUT2D eigenvalue weighted by Gasteiger charge is 2.35. The Morgan fingerprint density at radius 3 is 2.90 bits per heavy atom. The summed E-state index contributed by atoms with van der Waals surface area (Å²) in [5.74, 6) is -1.63. The zero-order valence-electron chi connectivity index (χ0n) is 11.5. The van der Waals surface area contributed by atoms with E-state index in [0.717, 1.165) is 25.7 Å². The van der Waals surface area contributed by atoms with Crippen molar-refractivity contribution in [2.75, 3.05) is 18.1 Å². The number of morpholine rings is 1. The second-order valence-corrected chi connectivity index (χ2v) is 6.31. The number of halogens is 2. The Balaban J connectivity index is 1.95. The molecule has 2 atom stereocenters. The van der Waals surface area contributed by atoms with Gasteiger partial charge in [0.25, 0.3) is 0 Å². The van der Waals surface area contributed by atoms with E-state index in [0.29, 0.717) is 18.8 Å². The number of nitrogens with zero attached hydrogens (tertiary/aromatic N) is 1. The first-order chi connectivity index (χ1) is 10.1. The number of fused-ring (bicyclic) bond motifs is 1. The van der Waals surface area contributed by atoms with Crippen LogP contribution in [0.2, 0.25) is 0 Å². The largest absolute Gasteiger partial charge is 0.478 e. The van der Waals surface area contributed by atoms with Crippen molar-refractivity contribution in [3.63, 3.8) is 0 Å². The number of ether oxygens (including phenoxy) is 1. The number of aromatic carboxylic acids is 1. The normalized spacial score (nSPS) is 25.5. The summed E-state index contributed by atoms with van der Waals surface area (Å²) in [7, 11) is 0. The molecular weight excluding hydrogens is 341 g/mol. The molecule has 21 heavy (non-hydrogen) atoms. The van der Waals surface area contributed by atoms with Crippen molar-refractivity contribution in [2.45, 2.75) is 37.8 Å². The number of hydrogen-bond acceptors (Lipinski definition) is 3. The Kier molecular flexibility index (Phi) is 4.17. The molecule has 1 saturated carbocycles. The van der Waals surface area contributed by atoms with Gasteiger partial charge in [0.2, 0.25) is 0 Å². The van der Waals surface area contributed by atoms with E-state index < -0.39 is 11.8 Å². The molecule has 1 heterocycles. The Morgan fingerprint density at radius 1 is 1.38 bits per heavy atom. The quantitative estimate of drug-likeness (QED) is 0.880. The molecule has 2 unspecified atom stereocenters. The molecule has 0 aromatic heterocycles. The molecule has 6 heteroatoms. The topological polar surface area (TPSA) is 49.8 Å². The van der Waals surface area contributed by atoms with Gasteiger partial charge < -0.3 is 14.7 Å². The lowest BCUT2D eigenvalue weighted by molar-refractivity contribution is -0.00892. The standard InChI is InChI=1S/C15H17BrFNO3/c16-13-9(15(19)20)5-6-11(14(13)17)18-7-8-21-12-4-2-1-3-10(12)18/h5-6,10,12H,1-4,7-8H2,(H,19,20). The minimum absolute atomic E-state index is 0.0198. The van der Waals surface area contributed by atoms with Crippen LogP contribution < -0.4 is 4.90 Å². The van der Waals surface area contributed by atoms with E-state index in [1.54, 1.807) is 6.07 Å². The fourth-order valence-corrected chi connectivity index (χ4v) is 3.83. The minimum Gasteiger partial charge on any atom is -0.478 e. The summed E-state index contributed by atoms with van der Waals surface area (Å²) < 4.78 is 20.4. The highest BCUT2D eigenvalue weighted by molar-refractivity contribution is 9.10. The Bertz CT molecular complexity index is 564. The molecule has 2 aliphatic rings. The van der Waals surface area contributed by atoms with Gasteiger partial charge in [0.15, 0.2) is 5.82 Å². The monoisotopic (exact) mass is 357 g/mol.